The minimum atomic E-state index is -0.0347. The minimum absolute atomic E-state index is 0.0326. The maximum atomic E-state index is 12.2. The molecule has 1 atom stereocenters. The monoisotopic (exact) mass is 306 g/mol. The Hall–Kier alpha value is -1.86. The largest absolute Gasteiger partial charge is 0.376 e. The molecule has 0 spiro atoms. The molecule has 2 aliphatic heterocycles. The maximum absolute atomic E-state index is 12.2. The number of urea groups is 1. The lowest BCUT2D eigenvalue weighted by molar-refractivity contribution is -0.0856. The van der Waals surface area contributed by atoms with Crippen molar-refractivity contribution < 1.29 is 14.3 Å². The molecule has 0 aliphatic carbocycles. The number of piperazine rings is 1. The van der Waals surface area contributed by atoms with E-state index in [1.165, 1.54) is 0 Å². The van der Waals surface area contributed by atoms with Crippen molar-refractivity contribution in [3.63, 3.8) is 0 Å². The summed E-state index contributed by atoms with van der Waals surface area (Å²) in [6.07, 6.45) is 1.76. The Balaban J connectivity index is 1.41. The van der Waals surface area contributed by atoms with Crippen LogP contribution in [0.3, 0.4) is 0 Å². The fraction of sp³-hybridized carbons (Fsp3) is 0.600. The zero-order valence-corrected chi connectivity index (χ0v) is 12.6. The Labute approximate surface area is 130 Å². The third-order valence-corrected chi connectivity index (χ3v) is 3.91. The molecule has 2 aliphatic rings. The lowest BCUT2D eigenvalue weighted by atomic mass is 10.3. The van der Waals surface area contributed by atoms with E-state index in [0.717, 1.165) is 18.9 Å². The van der Waals surface area contributed by atoms with E-state index in [1.54, 1.807) is 6.20 Å². The van der Waals surface area contributed by atoms with E-state index in [1.807, 2.05) is 23.1 Å². The summed E-state index contributed by atoms with van der Waals surface area (Å²) in [6, 6.07) is 5.85. The van der Waals surface area contributed by atoms with Crippen molar-refractivity contribution in [3.05, 3.63) is 24.4 Å². The summed E-state index contributed by atoms with van der Waals surface area (Å²) in [5.74, 6) is 0.968. The van der Waals surface area contributed by atoms with Gasteiger partial charge in [0.1, 0.15) is 5.82 Å². The van der Waals surface area contributed by atoms with Crippen LogP contribution in [0.25, 0.3) is 0 Å². The van der Waals surface area contributed by atoms with Crippen molar-refractivity contribution >= 4 is 11.8 Å². The summed E-state index contributed by atoms with van der Waals surface area (Å²) in [6.45, 7) is 5.28. The molecule has 7 heteroatoms. The molecular formula is C15H22N4O3. The van der Waals surface area contributed by atoms with Gasteiger partial charge in [0.25, 0.3) is 0 Å². The van der Waals surface area contributed by atoms with Gasteiger partial charge < -0.3 is 24.6 Å². The zero-order valence-electron chi connectivity index (χ0n) is 12.6. The fourth-order valence-electron chi connectivity index (χ4n) is 2.65. The van der Waals surface area contributed by atoms with Crippen LogP contribution in [0.1, 0.15) is 0 Å². The van der Waals surface area contributed by atoms with Crippen LogP contribution in [-0.2, 0) is 9.47 Å². The van der Waals surface area contributed by atoms with Crippen molar-refractivity contribution in [3.8, 4) is 0 Å². The average Bonchev–Trinajstić information content (AvgIpc) is 2.61. The molecule has 3 heterocycles. The van der Waals surface area contributed by atoms with E-state index in [9.17, 15) is 4.79 Å². The molecule has 0 bridgehead atoms. The molecule has 0 unspecified atom stereocenters. The maximum Gasteiger partial charge on any atom is 0.317 e. The third kappa shape index (κ3) is 3.86. The number of nitrogens with zero attached hydrogens (tertiary/aromatic N) is 3. The van der Waals surface area contributed by atoms with Gasteiger partial charge in [0.2, 0.25) is 0 Å². The van der Waals surface area contributed by atoms with Crippen LogP contribution in [0.5, 0.6) is 0 Å². The minimum Gasteiger partial charge on any atom is -0.376 e. The fourth-order valence-corrected chi connectivity index (χ4v) is 2.65. The molecule has 3 rings (SSSR count). The van der Waals surface area contributed by atoms with Gasteiger partial charge in [0, 0.05) is 38.9 Å². The number of carbonyl (C=O) groups is 1. The van der Waals surface area contributed by atoms with Crippen LogP contribution >= 0.6 is 0 Å². The Morgan fingerprint density at radius 2 is 2.14 bits per heavy atom. The number of amides is 2. The Bertz CT molecular complexity index is 471. The van der Waals surface area contributed by atoms with Gasteiger partial charge in [-0.2, -0.15) is 0 Å². The van der Waals surface area contributed by atoms with Crippen molar-refractivity contribution in [2.24, 2.45) is 0 Å². The van der Waals surface area contributed by atoms with Crippen molar-refractivity contribution in [1.82, 2.24) is 15.2 Å². The smallest absolute Gasteiger partial charge is 0.317 e. The predicted molar refractivity (Wildman–Crippen MR) is 82.0 cm³/mol. The Morgan fingerprint density at radius 3 is 2.82 bits per heavy atom. The number of hydrogen-bond donors (Lipinski definition) is 1. The number of hydrogen-bond acceptors (Lipinski definition) is 5. The van der Waals surface area contributed by atoms with E-state index in [2.05, 4.69) is 15.2 Å². The molecule has 22 heavy (non-hydrogen) atoms. The predicted octanol–water partition coefficient (Wildman–Crippen LogP) is 0.329. The summed E-state index contributed by atoms with van der Waals surface area (Å²) in [5, 5.41) is 2.92. The summed E-state index contributed by atoms with van der Waals surface area (Å²) in [4.78, 5) is 20.5. The van der Waals surface area contributed by atoms with E-state index < -0.39 is 0 Å². The van der Waals surface area contributed by atoms with Gasteiger partial charge in [0.15, 0.2) is 0 Å². The highest BCUT2D eigenvalue weighted by Crippen LogP contribution is 2.12. The summed E-state index contributed by atoms with van der Waals surface area (Å²) >= 11 is 0. The standard InChI is InChI=1S/C15H22N4O3/c20-15(17-11-13-12-21-9-10-22-13)19-7-5-18(6-8-19)14-3-1-2-4-16-14/h1-4,13H,5-12H2,(H,17,20)/t13-/m1/s1. The van der Waals surface area contributed by atoms with E-state index in [-0.39, 0.29) is 12.1 Å². The van der Waals surface area contributed by atoms with Gasteiger partial charge in [0.05, 0.1) is 25.9 Å². The number of ether oxygens (including phenoxy) is 2. The summed E-state index contributed by atoms with van der Waals surface area (Å²) < 4.78 is 10.8. The van der Waals surface area contributed by atoms with Crippen molar-refractivity contribution in [2.45, 2.75) is 6.10 Å². The molecule has 0 aromatic carbocycles. The van der Waals surface area contributed by atoms with Gasteiger partial charge in [-0.1, -0.05) is 6.07 Å². The highest BCUT2D eigenvalue weighted by Gasteiger charge is 2.23. The Morgan fingerprint density at radius 1 is 1.27 bits per heavy atom. The SMILES string of the molecule is O=C(NC[C@@H]1COCCO1)N1CCN(c2ccccn2)CC1. The number of pyridine rings is 1. The van der Waals surface area contributed by atoms with Crippen LogP contribution in [0.4, 0.5) is 10.6 Å². The molecule has 0 radical (unpaired) electrons. The van der Waals surface area contributed by atoms with Gasteiger partial charge >= 0.3 is 6.03 Å². The van der Waals surface area contributed by atoms with E-state index >= 15 is 0 Å². The van der Waals surface area contributed by atoms with Gasteiger partial charge in [-0.3, -0.25) is 0 Å². The second-order valence-electron chi connectivity index (χ2n) is 5.42. The van der Waals surface area contributed by atoms with Crippen LogP contribution < -0.4 is 10.2 Å². The number of rotatable bonds is 3. The normalized spacial score (nSPS) is 22.5. The molecule has 120 valence electrons. The van der Waals surface area contributed by atoms with Crippen LogP contribution in [-0.4, -0.2) is 74.6 Å². The Kier molecular flexibility index (Phi) is 5.07. The second kappa shape index (κ2) is 7.42. The highest BCUT2D eigenvalue weighted by atomic mass is 16.6. The van der Waals surface area contributed by atoms with Crippen molar-refractivity contribution in [2.75, 3.05) is 57.4 Å². The lowest BCUT2D eigenvalue weighted by Gasteiger charge is -2.35. The van der Waals surface area contributed by atoms with E-state index in [0.29, 0.717) is 39.5 Å². The van der Waals surface area contributed by atoms with Crippen LogP contribution in [0.15, 0.2) is 24.4 Å². The topological polar surface area (TPSA) is 66.9 Å². The van der Waals surface area contributed by atoms with Crippen molar-refractivity contribution in [1.29, 1.82) is 0 Å². The molecule has 1 N–H and O–H groups in total. The molecule has 0 saturated carbocycles. The molecule has 2 fully saturated rings. The molecular weight excluding hydrogens is 284 g/mol. The van der Waals surface area contributed by atoms with Gasteiger partial charge in [-0.05, 0) is 12.1 Å². The first-order valence-corrected chi connectivity index (χ1v) is 7.71. The number of carbonyl (C=O) groups excluding carboxylic acids is 1. The first-order chi connectivity index (χ1) is 10.8. The molecule has 2 saturated heterocycles. The van der Waals surface area contributed by atoms with Crippen LogP contribution in [0, 0.1) is 0 Å². The summed E-state index contributed by atoms with van der Waals surface area (Å²) in [7, 11) is 0. The lowest BCUT2D eigenvalue weighted by Crippen LogP contribution is -2.53. The average molecular weight is 306 g/mol. The van der Waals surface area contributed by atoms with E-state index in [4.69, 9.17) is 9.47 Å². The molecule has 2 amide bonds. The number of aromatic nitrogens is 1. The molecule has 1 aromatic rings. The number of anilines is 1. The molecule has 1 aromatic heterocycles. The van der Waals surface area contributed by atoms with Crippen LogP contribution in [0.2, 0.25) is 0 Å². The zero-order chi connectivity index (χ0) is 15.2. The van der Waals surface area contributed by atoms with Gasteiger partial charge in [-0.25, -0.2) is 9.78 Å². The second-order valence-corrected chi connectivity index (χ2v) is 5.42. The first-order valence-electron chi connectivity index (χ1n) is 7.71. The highest BCUT2D eigenvalue weighted by molar-refractivity contribution is 5.74. The first kappa shape index (κ1) is 15.1. The quantitative estimate of drug-likeness (QED) is 0.871. The summed E-state index contributed by atoms with van der Waals surface area (Å²) in [5.41, 5.74) is 0. The molecule has 7 nitrogen and oxygen atoms in total. The third-order valence-electron chi connectivity index (χ3n) is 3.91. The van der Waals surface area contributed by atoms with Gasteiger partial charge in [-0.15, -0.1) is 0 Å². The number of nitrogens with one attached hydrogen (secondary N) is 1.